The summed E-state index contributed by atoms with van der Waals surface area (Å²) in [5.74, 6) is 0.990. The molecule has 0 aliphatic heterocycles. The largest absolute Gasteiger partial charge is 0.475 e. The van der Waals surface area contributed by atoms with Crippen LogP contribution in [-0.2, 0) is 19.3 Å². The van der Waals surface area contributed by atoms with E-state index in [0.717, 1.165) is 34.2 Å². The Hall–Kier alpha value is -2.90. The average molecular weight is 435 g/mol. The predicted molar refractivity (Wildman–Crippen MR) is 121 cm³/mol. The Morgan fingerprint density at radius 2 is 1.81 bits per heavy atom. The summed E-state index contributed by atoms with van der Waals surface area (Å²) in [7, 11) is 0. The van der Waals surface area contributed by atoms with Gasteiger partial charge in [0.1, 0.15) is 17.3 Å². The molecule has 0 radical (unpaired) electrons. The van der Waals surface area contributed by atoms with E-state index in [4.69, 9.17) is 20.4 Å². The highest BCUT2D eigenvalue weighted by Crippen LogP contribution is 2.40. The number of ether oxygens (including phenoxy) is 1. The second-order valence-corrected chi connectivity index (χ2v) is 8.96. The first-order valence-corrected chi connectivity index (χ1v) is 11.3. The Morgan fingerprint density at radius 3 is 2.61 bits per heavy atom. The molecule has 1 aliphatic carbocycles. The molecule has 3 aromatic heterocycles. The van der Waals surface area contributed by atoms with Crippen molar-refractivity contribution < 1.29 is 9.13 Å². The summed E-state index contributed by atoms with van der Waals surface area (Å²) in [6.07, 6.45) is 8.59. The molecular weight excluding hydrogens is 411 g/mol. The fourth-order valence-electron chi connectivity index (χ4n) is 4.03. The number of fused-ring (bicyclic) bond motifs is 3. The Balaban J connectivity index is 1.45. The Kier molecular flexibility index (Phi) is 5.61. The van der Waals surface area contributed by atoms with Gasteiger partial charge in [-0.15, -0.1) is 11.3 Å². The van der Waals surface area contributed by atoms with Crippen LogP contribution >= 0.6 is 11.3 Å². The number of benzene rings is 1. The van der Waals surface area contributed by atoms with Crippen LogP contribution in [0.25, 0.3) is 21.6 Å². The number of thiophene rings is 1. The van der Waals surface area contributed by atoms with E-state index in [1.165, 1.54) is 35.4 Å². The van der Waals surface area contributed by atoms with E-state index in [2.05, 4.69) is 4.98 Å². The third-order valence-corrected chi connectivity index (χ3v) is 6.75. The van der Waals surface area contributed by atoms with Crippen LogP contribution in [0.15, 0.2) is 48.8 Å². The maximum atomic E-state index is 13.2. The van der Waals surface area contributed by atoms with E-state index in [1.807, 2.05) is 12.1 Å². The van der Waals surface area contributed by atoms with E-state index >= 15 is 0 Å². The van der Waals surface area contributed by atoms with Crippen LogP contribution in [0.2, 0.25) is 0 Å². The maximum absolute atomic E-state index is 13.2. The van der Waals surface area contributed by atoms with Gasteiger partial charge in [0.2, 0.25) is 5.88 Å². The minimum atomic E-state index is -0.247. The van der Waals surface area contributed by atoms with Crippen LogP contribution in [0.1, 0.15) is 28.8 Å². The van der Waals surface area contributed by atoms with Gasteiger partial charge in [-0.1, -0.05) is 12.1 Å². The van der Waals surface area contributed by atoms with Crippen LogP contribution in [0.5, 0.6) is 5.88 Å². The zero-order chi connectivity index (χ0) is 21.2. The molecule has 0 amide bonds. The van der Waals surface area contributed by atoms with Gasteiger partial charge >= 0.3 is 0 Å². The molecule has 158 valence electrons. The maximum Gasteiger partial charge on any atom is 0.226 e. The molecule has 4 aromatic rings. The van der Waals surface area contributed by atoms with Gasteiger partial charge in [0, 0.05) is 28.9 Å². The third-order valence-electron chi connectivity index (χ3n) is 5.57. The molecule has 1 atom stereocenters. The number of nitrogens with two attached hydrogens (primary N) is 1. The number of hydrogen-bond acceptors (Lipinski definition) is 6. The molecule has 2 N–H and O–H groups in total. The van der Waals surface area contributed by atoms with Gasteiger partial charge in [-0.2, -0.15) is 4.98 Å². The molecule has 7 heteroatoms. The van der Waals surface area contributed by atoms with Gasteiger partial charge in [-0.3, -0.25) is 4.98 Å². The normalized spacial score (nSPS) is 14.4. The summed E-state index contributed by atoms with van der Waals surface area (Å²) in [5, 5.41) is 1.03. The molecule has 0 spiro atoms. The lowest BCUT2D eigenvalue weighted by Crippen LogP contribution is -2.30. The van der Waals surface area contributed by atoms with E-state index in [1.54, 1.807) is 35.9 Å². The second-order valence-electron chi connectivity index (χ2n) is 7.88. The summed E-state index contributed by atoms with van der Waals surface area (Å²) < 4.78 is 19.4. The van der Waals surface area contributed by atoms with E-state index in [0.29, 0.717) is 24.7 Å². The van der Waals surface area contributed by atoms with Crippen molar-refractivity contribution in [2.75, 3.05) is 6.61 Å². The first-order valence-electron chi connectivity index (χ1n) is 10.5. The Morgan fingerprint density at radius 1 is 1.03 bits per heavy atom. The van der Waals surface area contributed by atoms with Crippen molar-refractivity contribution >= 4 is 21.6 Å². The number of nitrogens with zero attached hydrogens (tertiary/aromatic N) is 3. The molecule has 5 rings (SSSR count). The van der Waals surface area contributed by atoms with Gasteiger partial charge in [0.15, 0.2) is 5.82 Å². The zero-order valence-corrected chi connectivity index (χ0v) is 17.9. The first-order chi connectivity index (χ1) is 15.2. The average Bonchev–Trinajstić information content (AvgIpc) is 3.18. The van der Waals surface area contributed by atoms with Crippen molar-refractivity contribution in [3.8, 4) is 17.3 Å². The fourth-order valence-corrected chi connectivity index (χ4v) is 5.28. The molecule has 3 heterocycles. The number of hydrogen-bond donors (Lipinski definition) is 1. The highest BCUT2D eigenvalue weighted by atomic mass is 32.1. The molecule has 0 saturated heterocycles. The number of pyridine rings is 1. The third kappa shape index (κ3) is 4.29. The molecule has 1 unspecified atom stereocenters. The van der Waals surface area contributed by atoms with Crippen LogP contribution in [0.3, 0.4) is 0 Å². The highest BCUT2D eigenvalue weighted by Gasteiger charge is 2.23. The van der Waals surface area contributed by atoms with Gasteiger partial charge in [0.05, 0.1) is 5.39 Å². The molecule has 0 saturated carbocycles. The number of aryl methyl sites for hydroxylation is 2. The summed E-state index contributed by atoms with van der Waals surface area (Å²) in [5.41, 5.74) is 9.55. The minimum Gasteiger partial charge on any atom is -0.475 e. The van der Waals surface area contributed by atoms with Crippen LogP contribution in [0, 0.1) is 5.82 Å². The van der Waals surface area contributed by atoms with Crippen molar-refractivity contribution in [2.45, 2.75) is 38.1 Å². The minimum absolute atomic E-state index is 0.227. The van der Waals surface area contributed by atoms with Crippen LogP contribution in [-0.4, -0.2) is 27.6 Å². The van der Waals surface area contributed by atoms with E-state index in [-0.39, 0.29) is 11.9 Å². The number of rotatable bonds is 6. The van der Waals surface area contributed by atoms with E-state index < -0.39 is 0 Å². The van der Waals surface area contributed by atoms with E-state index in [9.17, 15) is 4.39 Å². The van der Waals surface area contributed by atoms with Crippen molar-refractivity contribution in [3.63, 3.8) is 0 Å². The zero-order valence-electron chi connectivity index (χ0n) is 17.1. The SMILES string of the molecule is NC(COc1nc(-c2ccncc2)nc2sc3c(c12)CCCC3)Cc1ccc(F)cc1. The number of halogens is 1. The summed E-state index contributed by atoms with van der Waals surface area (Å²) >= 11 is 1.75. The molecule has 31 heavy (non-hydrogen) atoms. The highest BCUT2D eigenvalue weighted by molar-refractivity contribution is 7.18. The van der Waals surface area contributed by atoms with Gasteiger partial charge in [-0.25, -0.2) is 9.37 Å². The summed E-state index contributed by atoms with van der Waals surface area (Å²) in [4.78, 5) is 16.1. The van der Waals surface area contributed by atoms with Gasteiger partial charge < -0.3 is 10.5 Å². The number of aromatic nitrogens is 3. The predicted octanol–water partition coefficient (Wildman–Crippen LogP) is 4.72. The molecule has 0 fully saturated rings. The standard InChI is InChI=1S/C24H23FN4OS/c25-17-7-5-15(6-8-17)13-18(26)14-30-23-21-19-3-1-2-4-20(19)31-24(21)29-22(28-23)16-9-11-27-12-10-16/h5-12,18H,1-4,13-14,26H2. The second kappa shape index (κ2) is 8.69. The molecule has 1 aromatic carbocycles. The van der Waals surface area contributed by atoms with Crippen LogP contribution < -0.4 is 10.5 Å². The van der Waals surface area contributed by atoms with Gasteiger partial charge in [-0.05, 0) is 67.5 Å². The molecular formula is C24H23FN4OS. The van der Waals surface area contributed by atoms with Gasteiger partial charge in [0.25, 0.3) is 0 Å². The topological polar surface area (TPSA) is 73.9 Å². The lowest BCUT2D eigenvalue weighted by molar-refractivity contribution is 0.280. The quantitative estimate of drug-likeness (QED) is 0.475. The molecule has 1 aliphatic rings. The summed E-state index contributed by atoms with van der Waals surface area (Å²) in [6, 6.07) is 10.0. The summed E-state index contributed by atoms with van der Waals surface area (Å²) in [6.45, 7) is 0.323. The lowest BCUT2D eigenvalue weighted by Gasteiger charge is -2.16. The monoisotopic (exact) mass is 434 g/mol. The Bertz CT molecular complexity index is 1190. The smallest absolute Gasteiger partial charge is 0.226 e. The Labute approximate surface area is 184 Å². The van der Waals surface area contributed by atoms with Crippen LogP contribution in [0.4, 0.5) is 4.39 Å². The van der Waals surface area contributed by atoms with Crippen molar-refractivity contribution in [1.82, 2.24) is 15.0 Å². The lowest BCUT2D eigenvalue weighted by atomic mass is 9.97. The molecule has 5 nitrogen and oxygen atoms in total. The van der Waals surface area contributed by atoms with Crippen molar-refractivity contribution in [2.24, 2.45) is 5.73 Å². The van der Waals surface area contributed by atoms with Crippen molar-refractivity contribution in [1.29, 1.82) is 0 Å². The molecule has 0 bridgehead atoms. The van der Waals surface area contributed by atoms with Crippen molar-refractivity contribution in [3.05, 3.63) is 70.6 Å². The fraction of sp³-hybridized carbons (Fsp3) is 0.292. The first kappa shape index (κ1) is 20.0.